The van der Waals surface area contributed by atoms with E-state index in [1.807, 2.05) is 4.90 Å². The molecule has 2 aromatic rings. The van der Waals surface area contributed by atoms with Crippen LogP contribution < -0.4 is 9.80 Å². The minimum atomic E-state index is -0.992. The molecule has 0 spiro atoms. The molecule has 3 rings (SSSR count). The van der Waals surface area contributed by atoms with E-state index >= 15 is 0 Å². The SMILES string of the molecule is O=C(O)c1ccnnc1N1CCN(c2ncccn2)CC1. The topological polar surface area (TPSA) is 95.3 Å². The molecule has 8 nitrogen and oxygen atoms in total. The van der Waals surface area contributed by atoms with Crippen LogP contribution in [-0.4, -0.2) is 57.4 Å². The van der Waals surface area contributed by atoms with E-state index in [4.69, 9.17) is 0 Å². The van der Waals surface area contributed by atoms with E-state index in [9.17, 15) is 9.90 Å². The molecule has 2 aromatic heterocycles. The van der Waals surface area contributed by atoms with E-state index in [1.165, 1.54) is 12.3 Å². The first kappa shape index (κ1) is 13.2. The van der Waals surface area contributed by atoms with Gasteiger partial charge in [-0.3, -0.25) is 0 Å². The molecule has 0 amide bonds. The molecule has 1 aliphatic rings. The van der Waals surface area contributed by atoms with Crippen LogP contribution in [0.4, 0.5) is 11.8 Å². The Kier molecular flexibility index (Phi) is 3.59. The first-order chi connectivity index (χ1) is 10.3. The van der Waals surface area contributed by atoms with Gasteiger partial charge in [0.25, 0.3) is 0 Å². The van der Waals surface area contributed by atoms with Gasteiger partial charge in [-0.2, -0.15) is 5.10 Å². The molecule has 8 heteroatoms. The van der Waals surface area contributed by atoms with Crippen molar-refractivity contribution in [2.45, 2.75) is 0 Å². The maximum absolute atomic E-state index is 11.2. The third kappa shape index (κ3) is 2.73. The molecule has 0 atom stereocenters. The van der Waals surface area contributed by atoms with Crippen LogP contribution in [0.1, 0.15) is 10.4 Å². The van der Waals surface area contributed by atoms with Crippen LogP contribution in [0.5, 0.6) is 0 Å². The molecule has 1 fully saturated rings. The van der Waals surface area contributed by atoms with Crippen LogP contribution in [0.15, 0.2) is 30.7 Å². The largest absolute Gasteiger partial charge is 0.478 e. The average molecular weight is 286 g/mol. The molecule has 108 valence electrons. The summed E-state index contributed by atoms with van der Waals surface area (Å²) in [5, 5.41) is 17.0. The van der Waals surface area contributed by atoms with E-state index in [1.54, 1.807) is 18.5 Å². The van der Waals surface area contributed by atoms with E-state index < -0.39 is 5.97 Å². The lowest BCUT2D eigenvalue weighted by molar-refractivity contribution is 0.0697. The molecule has 0 aromatic carbocycles. The quantitative estimate of drug-likeness (QED) is 0.860. The van der Waals surface area contributed by atoms with Crippen molar-refractivity contribution in [1.82, 2.24) is 20.2 Å². The first-order valence-corrected chi connectivity index (χ1v) is 6.57. The Balaban J connectivity index is 1.73. The third-order valence-electron chi connectivity index (χ3n) is 3.35. The van der Waals surface area contributed by atoms with Crippen LogP contribution in [0.3, 0.4) is 0 Å². The molecular weight excluding hydrogens is 272 g/mol. The molecule has 0 aliphatic carbocycles. The minimum absolute atomic E-state index is 0.175. The number of aromatic nitrogens is 4. The van der Waals surface area contributed by atoms with E-state index in [-0.39, 0.29) is 5.56 Å². The molecule has 21 heavy (non-hydrogen) atoms. The molecule has 1 aliphatic heterocycles. The highest BCUT2D eigenvalue weighted by molar-refractivity contribution is 5.93. The second kappa shape index (κ2) is 5.70. The summed E-state index contributed by atoms with van der Waals surface area (Å²) < 4.78 is 0. The number of anilines is 2. The summed E-state index contributed by atoms with van der Waals surface area (Å²) in [6.07, 6.45) is 4.81. The summed E-state index contributed by atoms with van der Waals surface area (Å²) in [6.45, 7) is 2.72. The van der Waals surface area contributed by atoms with Gasteiger partial charge in [0, 0.05) is 38.6 Å². The third-order valence-corrected chi connectivity index (χ3v) is 3.35. The predicted octanol–water partition coefficient (Wildman–Crippen LogP) is 0.291. The number of carboxylic acid groups (broad SMARTS) is 1. The number of carbonyl (C=O) groups is 1. The minimum Gasteiger partial charge on any atom is -0.478 e. The fourth-order valence-electron chi connectivity index (χ4n) is 2.30. The van der Waals surface area contributed by atoms with Crippen LogP contribution in [0.25, 0.3) is 0 Å². The number of nitrogens with zero attached hydrogens (tertiary/aromatic N) is 6. The summed E-state index contributed by atoms with van der Waals surface area (Å²) in [5.41, 5.74) is 0.175. The molecule has 1 saturated heterocycles. The predicted molar refractivity (Wildman–Crippen MR) is 75.4 cm³/mol. The zero-order valence-corrected chi connectivity index (χ0v) is 11.3. The van der Waals surface area contributed by atoms with Gasteiger partial charge in [0.05, 0.1) is 6.20 Å². The standard InChI is InChI=1S/C13H14N6O2/c20-12(21)10-2-5-16-17-11(10)18-6-8-19(9-7-18)13-14-3-1-4-15-13/h1-5H,6-9H2,(H,20,21). The van der Waals surface area contributed by atoms with Crippen molar-refractivity contribution >= 4 is 17.7 Å². The highest BCUT2D eigenvalue weighted by Crippen LogP contribution is 2.19. The van der Waals surface area contributed by atoms with Crippen molar-refractivity contribution in [3.8, 4) is 0 Å². The van der Waals surface area contributed by atoms with Gasteiger partial charge in [-0.25, -0.2) is 14.8 Å². The molecule has 0 saturated carbocycles. The second-order valence-electron chi connectivity index (χ2n) is 4.60. The molecule has 1 N–H and O–H groups in total. The highest BCUT2D eigenvalue weighted by atomic mass is 16.4. The molecule has 0 bridgehead atoms. The summed E-state index contributed by atoms with van der Waals surface area (Å²) >= 11 is 0. The lowest BCUT2D eigenvalue weighted by Crippen LogP contribution is -2.47. The van der Waals surface area contributed by atoms with E-state index in [0.29, 0.717) is 37.9 Å². The summed E-state index contributed by atoms with van der Waals surface area (Å²) in [5.74, 6) is 0.113. The molecule has 3 heterocycles. The maximum atomic E-state index is 11.2. The smallest absolute Gasteiger partial charge is 0.339 e. The number of carboxylic acids is 1. The summed E-state index contributed by atoms with van der Waals surface area (Å²) in [6, 6.07) is 3.25. The second-order valence-corrected chi connectivity index (χ2v) is 4.60. The fourth-order valence-corrected chi connectivity index (χ4v) is 2.30. The van der Waals surface area contributed by atoms with E-state index in [0.717, 1.165) is 0 Å². The average Bonchev–Trinajstić information content (AvgIpc) is 2.56. The van der Waals surface area contributed by atoms with E-state index in [2.05, 4.69) is 25.1 Å². The summed E-state index contributed by atoms with van der Waals surface area (Å²) in [7, 11) is 0. The lowest BCUT2D eigenvalue weighted by atomic mass is 10.2. The Hall–Kier alpha value is -2.77. The van der Waals surface area contributed by atoms with Gasteiger partial charge in [-0.05, 0) is 12.1 Å². The van der Waals surface area contributed by atoms with Gasteiger partial charge in [0.1, 0.15) is 5.56 Å². The lowest BCUT2D eigenvalue weighted by Gasteiger charge is -2.35. The summed E-state index contributed by atoms with van der Waals surface area (Å²) in [4.78, 5) is 23.7. The number of hydrogen-bond donors (Lipinski definition) is 1. The number of rotatable bonds is 3. The first-order valence-electron chi connectivity index (χ1n) is 6.57. The Morgan fingerprint density at radius 1 is 1.05 bits per heavy atom. The van der Waals surface area contributed by atoms with Crippen molar-refractivity contribution in [3.05, 3.63) is 36.3 Å². The zero-order chi connectivity index (χ0) is 14.7. The normalized spacial score (nSPS) is 15.0. The number of hydrogen-bond acceptors (Lipinski definition) is 7. The van der Waals surface area contributed by atoms with Gasteiger partial charge >= 0.3 is 5.97 Å². The number of piperazine rings is 1. The van der Waals surface area contributed by atoms with Crippen LogP contribution in [-0.2, 0) is 0 Å². The zero-order valence-electron chi connectivity index (χ0n) is 11.3. The van der Waals surface area contributed by atoms with Gasteiger partial charge in [-0.15, -0.1) is 5.10 Å². The molecular formula is C13H14N6O2. The molecule has 0 radical (unpaired) electrons. The van der Waals surface area contributed by atoms with Gasteiger partial charge in [0.15, 0.2) is 5.82 Å². The van der Waals surface area contributed by atoms with Crippen molar-refractivity contribution in [2.24, 2.45) is 0 Å². The molecule has 0 unspecified atom stereocenters. The van der Waals surface area contributed by atoms with Gasteiger partial charge in [-0.1, -0.05) is 0 Å². The van der Waals surface area contributed by atoms with Gasteiger partial charge < -0.3 is 14.9 Å². The Morgan fingerprint density at radius 3 is 2.38 bits per heavy atom. The Morgan fingerprint density at radius 2 is 1.71 bits per heavy atom. The Bertz CT molecular complexity index is 628. The van der Waals surface area contributed by atoms with Crippen LogP contribution in [0.2, 0.25) is 0 Å². The number of aromatic carboxylic acids is 1. The Labute approximate surface area is 121 Å². The maximum Gasteiger partial charge on any atom is 0.339 e. The van der Waals surface area contributed by atoms with Crippen molar-refractivity contribution < 1.29 is 9.90 Å². The van der Waals surface area contributed by atoms with Crippen molar-refractivity contribution in [1.29, 1.82) is 0 Å². The highest BCUT2D eigenvalue weighted by Gasteiger charge is 2.23. The van der Waals surface area contributed by atoms with Gasteiger partial charge in [0.2, 0.25) is 5.95 Å². The fraction of sp³-hybridized carbons (Fsp3) is 0.308. The van der Waals surface area contributed by atoms with Crippen LogP contribution >= 0.6 is 0 Å². The monoisotopic (exact) mass is 286 g/mol. The van der Waals surface area contributed by atoms with Crippen molar-refractivity contribution in [2.75, 3.05) is 36.0 Å². The van der Waals surface area contributed by atoms with Crippen LogP contribution in [0, 0.1) is 0 Å². The van der Waals surface area contributed by atoms with Crippen molar-refractivity contribution in [3.63, 3.8) is 0 Å².